The van der Waals surface area contributed by atoms with Gasteiger partial charge in [-0.05, 0) is 49.4 Å². The first kappa shape index (κ1) is 19.0. The summed E-state index contributed by atoms with van der Waals surface area (Å²) in [5, 5.41) is 15.6. The van der Waals surface area contributed by atoms with Gasteiger partial charge in [-0.25, -0.2) is 4.52 Å². The van der Waals surface area contributed by atoms with Crippen LogP contribution in [0.2, 0.25) is 0 Å². The number of ketones is 1. The molecule has 9 heteroatoms. The van der Waals surface area contributed by atoms with E-state index in [1.54, 1.807) is 16.9 Å². The van der Waals surface area contributed by atoms with Crippen molar-refractivity contribution in [1.29, 1.82) is 0 Å². The summed E-state index contributed by atoms with van der Waals surface area (Å²) in [6.07, 6.45) is 9.90. The fourth-order valence-electron chi connectivity index (χ4n) is 4.42. The third-order valence-electron chi connectivity index (χ3n) is 6.22. The molecule has 4 aromatic rings. The summed E-state index contributed by atoms with van der Waals surface area (Å²) in [6, 6.07) is 9.52. The van der Waals surface area contributed by atoms with Gasteiger partial charge in [0.1, 0.15) is 5.52 Å². The van der Waals surface area contributed by atoms with E-state index in [0.717, 1.165) is 42.0 Å². The molecule has 5 heterocycles. The Kier molecular flexibility index (Phi) is 4.59. The lowest BCUT2D eigenvalue weighted by Crippen LogP contribution is -2.38. The Balaban J connectivity index is 1.28. The number of aromatic amines is 1. The van der Waals surface area contributed by atoms with Crippen molar-refractivity contribution in [2.75, 3.05) is 16.8 Å². The number of carbonyl (C=O) groups is 1. The summed E-state index contributed by atoms with van der Waals surface area (Å²) in [7, 11) is 0. The molecule has 162 valence electrons. The lowest BCUT2D eigenvalue weighted by atomic mass is 10.0. The molecule has 2 fully saturated rings. The van der Waals surface area contributed by atoms with Gasteiger partial charge in [0.2, 0.25) is 5.95 Å². The van der Waals surface area contributed by atoms with E-state index < -0.39 is 0 Å². The third-order valence-corrected chi connectivity index (χ3v) is 6.22. The van der Waals surface area contributed by atoms with Crippen LogP contribution in [0.3, 0.4) is 0 Å². The average molecular weight is 429 g/mol. The number of hydrogen-bond acceptors (Lipinski definition) is 7. The fraction of sp³-hybridized carbons (Fsp3) is 0.348. The molecular weight excluding hydrogens is 404 g/mol. The number of rotatable bonds is 7. The SMILES string of the molecule is O=C(Cc1cccnc1)[C@@H]1CCCN1c1nc(Nc2cc(C3CC3)[nH]n2)c2cccn2n1. The van der Waals surface area contributed by atoms with Crippen LogP contribution in [0.15, 0.2) is 48.9 Å². The molecule has 1 aliphatic carbocycles. The Labute approximate surface area is 184 Å². The van der Waals surface area contributed by atoms with Gasteiger partial charge < -0.3 is 10.2 Å². The zero-order valence-corrected chi connectivity index (χ0v) is 17.6. The van der Waals surface area contributed by atoms with Crippen LogP contribution in [0.5, 0.6) is 0 Å². The quantitative estimate of drug-likeness (QED) is 0.466. The number of hydrogen-bond donors (Lipinski definition) is 2. The summed E-state index contributed by atoms with van der Waals surface area (Å²) in [6.45, 7) is 0.754. The monoisotopic (exact) mass is 428 g/mol. The Bertz CT molecular complexity index is 1260. The highest BCUT2D eigenvalue weighted by Gasteiger charge is 2.33. The predicted octanol–water partition coefficient (Wildman–Crippen LogP) is 3.25. The largest absolute Gasteiger partial charge is 0.329 e. The minimum absolute atomic E-state index is 0.169. The van der Waals surface area contributed by atoms with Crippen LogP contribution in [-0.4, -0.2) is 48.1 Å². The van der Waals surface area contributed by atoms with Gasteiger partial charge in [0, 0.05) is 49.2 Å². The maximum absolute atomic E-state index is 13.1. The number of fused-ring (bicyclic) bond motifs is 1. The van der Waals surface area contributed by atoms with Crippen LogP contribution in [0.4, 0.5) is 17.6 Å². The standard InChI is InChI=1S/C23H24N8O/c32-20(12-15-4-1-9-24-14-15)18-5-2-10-30(18)23-26-22(19-6-3-11-31(19)29-23)25-21-13-17(27-28-21)16-7-8-16/h1,3-4,6,9,11,13-14,16,18H,2,5,7-8,10,12H2,(H2,25,26,27,28,29)/t18-/m0/s1. The highest BCUT2D eigenvalue weighted by atomic mass is 16.1. The summed E-state index contributed by atoms with van der Waals surface area (Å²) >= 11 is 0. The second-order valence-electron chi connectivity index (χ2n) is 8.56. The van der Waals surface area contributed by atoms with Crippen molar-refractivity contribution in [3.05, 3.63) is 60.2 Å². The van der Waals surface area contributed by atoms with E-state index >= 15 is 0 Å². The zero-order valence-electron chi connectivity index (χ0n) is 17.6. The van der Waals surface area contributed by atoms with Gasteiger partial charge in [0.25, 0.3) is 0 Å². The molecule has 6 rings (SSSR count). The molecule has 1 aliphatic heterocycles. The molecule has 2 aliphatic rings. The van der Waals surface area contributed by atoms with E-state index in [4.69, 9.17) is 10.1 Å². The van der Waals surface area contributed by atoms with Crippen molar-refractivity contribution < 1.29 is 4.79 Å². The Hall–Kier alpha value is -3.75. The summed E-state index contributed by atoms with van der Waals surface area (Å²) in [5.41, 5.74) is 2.95. The summed E-state index contributed by atoms with van der Waals surface area (Å²) in [5.74, 6) is 2.74. The van der Waals surface area contributed by atoms with E-state index in [1.165, 1.54) is 12.8 Å². The normalized spacial score (nSPS) is 18.4. The van der Waals surface area contributed by atoms with Crippen LogP contribution < -0.4 is 10.2 Å². The lowest BCUT2D eigenvalue weighted by Gasteiger charge is -2.24. The second-order valence-corrected chi connectivity index (χ2v) is 8.56. The Morgan fingerprint density at radius 3 is 3.00 bits per heavy atom. The molecule has 0 amide bonds. The Morgan fingerprint density at radius 1 is 1.22 bits per heavy atom. The first-order chi connectivity index (χ1) is 15.7. The number of nitrogens with zero attached hydrogens (tertiary/aromatic N) is 6. The molecule has 0 radical (unpaired) electrons. The van der Waals surface area contributed by atoms with Crippen molar-refractivity contribution in [1.82, 2.24) is 29.8 Å². The number of nitrogens with one attached hydrogen (secondary N) is 2. The molecule has 1 atom stereocenters. The fourth-order valence-corrected chi connectivity index (χ4v) is 4.42. The van der Waals surface area contributed by atoms with E-state index in [2.05, 4.69) is 26.6 Å². The third kappa shape index (κ3) is 3.59. The highest BCUT2D eigenvalue weighted by Crippen LogP contribution is 2.39. The van der Waals surface area contributed by atoms with Crippen molar-refractivity contribution in [2.24, 2.45) is 0 Å². The van der Waals surface area contributed by atoms with Gasteiger partial charge in [-0.15, -0.1) is 5.10 Å². The van der Waals surface area contributed by atoms with Crippen molar-refractivity contribution in [3.63, 3.8) is 0 Å². The van der Waals surface area contributed by atoms with E-state index in [1.807, 2.05) is 35.4 Å². The first-order valence-corrected chi connectivity index (χ1v) is 11.1. The molecule has 2 N–H and O–H groups in total. The number of Topliss-reactive ketones (excluding diaryl/α,β-unsaturated/α-hetero) is 1. The number of aromatic nitrogens is 6. The van der Waals surface area contributed by atoms with Crippen LogP contribution in [0, 0.1) is 0 Å². The Morgan fingerprint density at radius 2 is 2.16 bits per heavy atom. The summed E-state index contributed by atoms with van der Waals surface area (Å²) < 4.78 is 1.81. The minimum Gasteiger partial charge on any atom is -0.329 e. The molecule has 0 unspecified atom stereocenters. The smallest absolute Gasteiger partial charge is 0.246 e. The van der Waals surface area contributed by atoms with Gasteiger partial charge in [-0.3, -0.25) is 14.9 Å². The van der Waals surface area contributed by atoms with Crippen molar-refractivity contribution in [2.45, 2.75) is 44.1 Å². The van der Waals surface area contributed by atoms with Gasteiger partial charge in [0.15, 0.2) is 17.4 Å². The molecule has 9 nitrogen and oxygen atoms in total. The van der Waals surface area contributed by atoms with E-state index in [-0.39, 0.29) is 11.8 Å². The van der Waals surface area contributed by atoms with Crippen LogP contribution >= 0.6 is 0 Å². The van der Waals surface area contributed by atoms with E-state index in [9.17, 15) is 4.79 Å². The lowest BCUT2D eigenvalue weighted by molar-refractivity contribution is -0.119. The average Bonchev–Trinajstić information content (AvgIpc) is 3.20. The first-order valence-electron chi connectivity index (χ1n) is 11.1. The minimum atomic E-state index is -0.233. The number of H-pyrrole nitrogens is 1. The van der Waals surface area contributed by atoms with E-state index in [0.29, 0.717) is 24.1 Å². The van der Waals surface area contributed by atoms with Gasteiger partial charge in [-0.2, -0.15) is 10.1 Å². The molecule has 1 saturated carbocycles. The molecule has 4 aromatic heterocycles. The molecular formula is C23H24N8O. The maximum atomic E-state index is 13.1. The number of anilines is 3. The molecule has 32 heavy (non-hydrogen) atoms. The predicted molar refractivity (Wildman–Crippen MR) is 120 cm³/mol. The van der Waals surface area contributed by atoms with Gasteiger partial charge in [0.05, 0.1) is 6.04 Å². The highest BCUT2D eigenvalue weighted by molar-refractivity contribution is 5.89. The van der Waals surface area contributed by atoms with Crippen molar-refractivity contribution in [3.8, 4) is 0 Å². The molecule has 1 saturated heterocycles. The van der Waals surface area contributed by atoms with Gasteiger partial charge >= 0.3 is 0 Å². The number of carbonyl (C=O) groups excluding carboxylic acids is 1. The second kappa shape index (κ2) is 7.74. The van der Waals surface area contributed by atoms with Crippen LogP contribution in [0.1, 0.15) is 42.9 Å². The van der Waals surface area contributed by atoms with Crippen LogP contribution in [0.25, 0.3) is 5.52 Å². The topological polar surface area (TPSA) is 104 Å². The number of pyridine rings is 1. The molecule has 0 aromatic carbocycles. The van der Waals surface area contributed by atoms with Crippen molar-refractivity contribution >= 4 is 28.9 Å². The van der Waals surface area contributed by atoms with Crippen LogP contribution in [-0.2, 0) is 11.2 Å². The zero-order chi connectivity index (χ0) is 21.5. The summed E-state index contributed by atoms with van der Waals surface area (Å²) in [4.78, 5) is 24.1. The van der Waals surface area contributed by atoms with Gasteiger partial charge in [-0.1, -0.05) is 6.07 Å². The molecule has 0 spiro atoms. The molecule has 0 bridgehead atoms. The maximum Gasteiger partial charge on any atom is 0.246 e.